The van der Waals surface area contributed by atoms with Crippen LogP contribution < -0.4 is 0 Å². The number of rotatable bonds is 0. The molecule has 0 amide bonds. The molecule has 3 aliphatic rings. The summed E-state index contributed by atoms with van der Waals surface area (Å²) >= 11 is 0. The highest BCUT2D eigenvalue weighted by Gasteiger charge is 2.55. The number of phenols is 1. The molecule has 0 aromatic heterocycles. The van der Waals surface area contributed by atoms with Crippen molar-refractivity contribution in [1.82, 2.24) is 0 Å². The summed E-state index contributed by atoms with van der Waals surface area (Å²) in [5.74, 6) is -0.116. The Hall–Kier alpha value is -1.90. The van der Waals surface area contributed by atoms with Gasteiger partial charge in [0, 0.05) is 17.4 Å². The number of fused-ring (bicyclic) bond motifs is 6. The number of carbonyl (C=O) groups excluding carboxylic acids is 2. The quantitative estimate of drug-likeness (QED) is 0.707. The number of phenolic OH excluding ortho intramolecular Hbond substituents is 1. The Morgan fingerprint density at radius 2 is 1.67 bits per heavy atom. The molecular weight excluding hydrogens is 228 g/mol. The lowest BCUT2D eigenvalue weighted by Crippen LogP contribution is -2.38. The van der Waals surface area contributed by atoms with Crippen LogP contribution in [0.5, 0.6) is 5.75 Å². The van der Waals surface area contributed by atoms with E-state index in [9.17, 15) is 14.7 Å². The number of ketones is 2. The van der Waals surface area contributed by atoms with Gasteiger partial charge in [-0.1, -0.05) is 24.3 Å². The van der Waals surface area contributed by atoms with E-state index in [4.69, 9.17) is 0 Å². The predicted molar refractivity (Wildman–Crippen MR) is 64.5 cm³/mol. The van der Waals surface area contributed by atoms with Crippen LogP contribution in [0.25, 0.3) is 0 Å². The highest BCUT2D eigenvalue weighted by molar-refractivity contribution is 6.18. The number of Topliss-reactive ketones (excluding diaryl/α,β-unsaturated/α-hetero) is 2. The van der Waals surface area contributed by atoms with Crippen LogP contribution in [0.1, 0.15) is 27.1 Å². The first-order chi connectivity index (χ1) is 8.68. The number of hydrogen-bond acceptors (Lipinski definition) is 3. The molecule has 1 N–H and O–H groups in total. The van der Waals surface area contributed by atoms with E-state index in [1.165, 1.54) is 6.07 Å². The van der Waals surface area contributed by atoms with Gasteiger partial charge in [0.1, 0.15) is 5.75 Å². The number of aromatic hydroxyl groups is 1. The molecule has 3 nitrogen and oxygen atoms in total. The maximum atomic E-state index is 12.5. The SMILES string of the molecule is O=C1c2cccc(O)c2C(=O)C2C1[C@@H]1C=C[C@H]2C1. The highest BCUT2D eigenvalue weighted by atomic mass is 16.3. The molecule has 0 saturated heterocycles. The first kappa shape index (κ1) is 10.1. The third kappa shape index (κ3) is 1.00. The molecule has 2 bridgehead atoms. The van der Waals surface area contributed by atoms with Crippen molar-refractivity contribution in [2.24, 2.45) is 23.7 Å². The summed E-state index contributed by atoms with van der Waals surface area (Å²) in [5, 5.41) is 9.84. The van der Waals surface area contributed by atoms with Crippen LogP contribution in [-0.2, 0) is 0 Å². The van der Waals surface area contributed by atoms with Crippen molar-refractivity contribution >= 4 is 11.6 Å². The minimum absolute atomic E-state index is 0.0300. The summed E-state index contributed by atoms with van der Waals surface area (Å²) in [7, 11) is 0. The average Bonchev–Trinajstić information content (AvgIpc) is 2.96. The second kappa shape index (κ2) is 3.10. The smallest absolute Gasteiger partial charge is 0.171 e. The fraction of sp³-hybridized carbons (Fsp3) is 0.333. The van der Waals surface area contributed by atoms with Gasteiger partial charge in [0.05, 0.1) is 5.56 Å². The molecule has 1 fully saturated rings. The second-order valence-electron chi connectivity index (χ2n) is 5.43. The molecule has 90 valence electrons. The maximum Gasteiger partial charge on any atom is 0.171 e. The van der Waals surface area contributed by atoms with E-state index in [1.54, 1.807) is 12.1 Å². The highest BCUT2D eigenvalue weighted by Crippen LogP contribution is 2.53. The molecule has 18 heavy (non-hydrogen) atoms. The number of hydrogen-bond donors (Lipinski definition) is 1. The fourth-order valence-corrected chi connectivity index (χ4v) is 3.89. The summed E-state index contributed by atoms with van der Waals surface area (Å²) in [5.41, 5.74) is 0.645. The van der Waals surface area contributed by atoms with Gasteiger partial charge in [-0.15, -0.1) is 0 Å². The van der Waals surface area contributed by atoms with Gasteiger partial charge in [-0.05, 0) is 24.3 Å². The van der Waals surface area contributed by atoms with E-state index >= 15 is 0 Å². The van der Waals surface area contributed by atoms with E-state index in [0.29, 0.717) is 5.56 Å². The normalized spacial score (nSPS) is 35.8. The summed E-state index contributed by atoms with van der Waals surface area (Å²) in [6.07, 6.45) is 5.04. The molecule has 0 radical (unpaired) electrons. The predicted octanol–water partition coefficient (Wildman–Crippen LogP) is 2.21. The maximum absolute atomic E-state index is 12.5. The Morgan fingerprint density at radius 3 is 2.39 bits per heavy atom. The molecule has 1 saturated carbocycles. The van der Waals surface area contributed by atoms with Gasteiger partial charge in [-0.25, -0.2) is 0 Å². The van der Waals surface area contributed by atoms with Crippen molar-refractivity contribution in [2.45, 2.75) is 6.42 Å². The largest absolute Gasteiger partial charge is 0.507 e. The van der Waals surface area contributed by atoms with Crippen molar-refractivity contribution in [3.63, 3.8) is 0 Å². The molecule has 0 heterocycles. The molecule has 1 aromatic rings. The van der Waals surface area contributed by atoms with Crippen molar-refractivity contribution in [1.29, 1.82) is 0 Å². The van der Waals surface area contributed by atoms with Crippen molar-refractivity contribution in [2.75, 3.05) is 0 Å². The Bertz CT molecular complexity index is 614. The van der Waals surface area contributed by atoms with Crippen LogP contribution >= 0.6 is 0 Å². The van der Waals surface area contributed by atoms with Crippen LogP contribution in [0.2, 0.25) is 0 Å². The summed E-state index contributed by atoms with van der Waals surface area (Å²) in [6.45, 7) is 0. The van der Waals surface area contributed by atoms with Gasteiger partial charge in [0.2, 0.25) is 0 Å². The van der Waals surface area contributed by atoms with E-state index in [0.717, 1.165) is 6.42 Å². The zero-order valence-corrected chi connectivity index (χ0v) is 9.67. The monoisotopic (exact) mass is 240 g/mol. The number of carbonyl (C=O) groups is 2. The Labute approximate surface area is 104 Å². The van der Waals surface area contributed by atoms with E-state index in [2.05, 4.69) is 12.2 Å². The molecule has 0 spiro atoms. The first-order valence-electron chi connectivity index (χ1n) is 6.27. The van der Waals surface area contributed by atoms with Crippen LogP contribution in [-0.4, -0.2) is 16.7 Å². The van der Waals surface area contributed by atoms with Gasteiger partial charge in [-0.3, -0.25) is 9.59 Å². The van der Waals surface area contributed by atoms with Crippen LogP contribution in [0.4, 0.5) is 0 Å². The van der Waals surface area contributed by atoms with Gasteiger partial charge in [0.15, 0.2) is 11.6 Å². The second-order valence-corrected chi connectivity index (χ2v) is 5.43. The summed E-state index contributed by atoms with van der Waals surface area (Å²) in [6, 6.07) is 4.76. The van der Waals surface area contributed by atoms with Crippen molar-refractivity contribution in [3.8, 4) is 5.75 Å². The van der Waals surface area contributed by atoms with Gasteiger partial charge in [0.25, 0.3) is 0 Å². The third-order valence-corrected chi connectivity index (χ3v) is 4.62. The molecule has 3 aliphatic carbocycles. The molecule has 0 aliphatic heterocycles. The minimum atomic E-state index is -0.242. The zero-order chi connectivity index (χ0) is 12.4. The number of benzene rings is 1. The molecule has 2 unspecified atom stereocenters. The Balaban J connectivity index is 1.96. The van der Waals surface area contributed by atoms with Crippen LogP contribution in [0.3, 0.4) is 0 Å². The number of allylic oxidation sites excluding steroid dienone is 2. The topological polar surface area (TPSA) is 54.4 Å². The lowest BCUT2D eigenvalue weighted by atomic mass is 9.69. The van der Waals surface area contributed by atoms with Gasteiger partial charge in [-0.2, -0.15) is 0 Å². The molecule has 1 aromatic carbocycles. The van der Waals surface area contributed by atoms with Crippen LogP contribution in [0.15, 0.2) is 30.4 Å². The molecular formula is C15H12O3. The van der Waals surface area contributed by atoms with Crippen molar-refractivity contribution < 1.29 is 14.7 Å². The fourth-order valence-electron chi connectivity index (χ4n) is 3.89. The average molecular weight is 240 g/mol. The lowest BCUT2D eigenvalue weighted by Gasteiger charge is -2.31. The van der Waals surface area contributed by atoms with Gasteiger partial charge >= 0.3 is 0 Å². The lowest BCUT2D eigenvalue weighted by molar-refractivity contribution is 0.0718. The van der Waals surface area contributed by atoms with Crippen LogP contribution in [0, 0.1) is 23.7 Å². The Morgan fingerprint density at radius 1 is 1.00 bits per heavy atom. The third-order valence-electron chi connectivity index (χ3n) is 4.62. The molecule has 4 rings (SSSR count). The van der Waals surface area contributed by atoms with E-state index < -0.39 is 0 Å². The summed E-state index contributed by atoms with van der Waals surface area (Å²) < 4.78 is 0. The van der Waals surface area contributed by atoms with E-state index in [1.807, 2.05) is 0 Å². The first-order valence-corrected chi connectivity index (χ1v) is 6.27. The minimum Gasteiger partial charge on any atom is -0.507 e. The van der Waals surface area contributed by atoms with E-state index in [-0.39, 0.29) is 46.6 Å². The zero-order valence-electron chi connectivity index (χ0n) is 9.67. The van der Waals surface area contributed by atoms with Gasteiger partial charge < -0.3 is 5.11 Å². The van der Waals surface area contributed by atoms with Crippen molar-refractivity contribution in [3.05, 3.63) is 41.5 Å². The Kier molecular flexibility index (Phi) is 1.74. The molecule has 4 atom stereocenters. The summed E-state index contributed by atoms with van der Waals surface area (Å²) in [4.78, 5) is 25.0. The molecule has 3 heteroatoms. The standard InChI is InChI=1S/C15H12O3/c16-10-3-1-2-9-13(10)15(18)12-8-5-4-7(6-8)11(12)14(9)17/h1-5,7-8,11-12,16H,6H2/t7-,8+,11?,12?/m1/s1.